The van der Waals surface area contributed by atoms with E-state index in [1.807, 2.05) is 48.2 Å². The lowest BCUT2D eigenvalue weighted by molar-refractivity contribution is -0.181. The third-order valence-electron chi connectivity index (χ3n) is 7.32. The maximum Gasteiger partial charge on any atom is 0.254 e. The topological polar surface area (TPSA) is 104 Å². The number of likely N-dealkylation sites (tertiary alicyclic amines) is 1. The minimum atomic E-state index is -3.11. The molecule has 3 aliphatic heterocycles. The number of amides is 1. The van der Waals surface area contributed by atoms with Crippen LogP contribution in [0.4, 0.5) is 0 Å². The molecule has 9 nitrogen and oxygen atoms in total. The molecular weight excluding hydrogens is 468 g/mol. The van der Waals surface area contributed by atoms with Gasteiger partial charge in [-0.25, -0.2) is 18.1 Å². The van der Waals surface area contributed by atoms with Gasteiger partial charge in [0.15, 0.2) is 21.3 Å². The summed E-state index contributed by atoms with van der Waals surface area (Å²) >= 11 is 0. The summed E-state index contributed by atoms with van der Waals surface area (Å²) in [7, 11) is -3.11. The molecule has 1 unspecified atom stereocenters. The minimum Gasteiger partial charge on any atom is -0.347 e. The van der Waals surface area contributed by atoms with Gasteiger partial charge in [-0.2, -0.15) is 5.10 Å². The molecule has 0 aliphatic carbocycles. The van der Waals surface area contributed by atoms with Crippen LogP contribution in [0.25, 0.3) is 22.3 Å². The molecule has 3 aliphatic rings. The van der Waals surface area contributed by atoms with Gasteiger partial charge in [-0.3, -0.25) is 4.79 Å². The van der Waals surface area contributed by atoms with Crippen molar-refractivity contribution in [3.05, 3.63) is 47.7 Å². The minimum absolute atomic E-state index is 0.0396. The van der Waals surface area contributed by atoms with E-state index in [0.717, 1.165) is 5.56 Å². The number of benzene rings is 1. The lowest BCUT2D eigenvalue weighted by atomic mass is 10.0. The first kappa shape index (κ1) is 22.6. The zero-order valence-electron chi connectivity index (χ0n) is 19.6. The number of fused-ring (bicyclic) bond motifs is 1. The molecule has 2 aromatic heterocycles. The molecule has 0 N–H and O–H groups in total. The molecule has 1 spiro atoms. The van der Waals surface area contributed by atoms with Gasteiger partial charge in [-0.15, -0.1) is 0 Å². The SMILES string of the molecule is Cc1nn(C2CCS(=O)(=O)C2)c2nc(-c3ccccc3)cc(C(=O)N3CCC4(CC3)OCCO4)c12. The van der Waals surface area contributed by atoms with Gasteiger partial charge < -0.3 is 14.4 Å². The third kappa shape index (κ3) is 4.03. The van der Waals surface area contributed by atoms with Gasteiger partial charge >= 0.3 is 0 Å². The zero-order valence-corrected chi connectivity index (χ0v) is 20.5. The van der Waals surface area contributed by atoms with E-state index in [1.54, 1.807) is 4.68 Å². The number of ether oxygens (including phenoxy) is 2. The molecule has 0 bridgehead atoms. The summed E-state index contributed by atoms with van der Waals surface area (Å²) in [6, 6.07) is 11.3. The molecule has 0 radical (unpaired) electrons. The van der Waals surface area contributed by atoms with E-state index in [2.05, 4.69) is 0 Å². The first-order valence-electron chi connectivity index (χ1n) is 12.1. The van der Waals surface area contributed by atoms with Crippen molar-refractivity contribution in [3.8, 4) is 11.3 Å². The van der Waals surface area contributed by atoms with Gasteiger partial charge in [-0.1, -0.05) is 30.3 Å². The first-order valence-corrected chi connectivity index (χ1v) is 13.9. The van der Waals surface area contributed by atoms with Crippen LogP contribution in [0.3, 0.4) is 0 Å². The highest BCUT2D eigenvalue weighted by molar-refractivity contribution is 7.91. The molecule has 1 aromatic carbocycles. The van der Waals surface area contributed by atoms with Crippen molar-refractivity contribution in [3.63, 3.8) is 0 Å². The van der Waals surface area contributed by atoms with Crippen molar-refractivity contribution in [1.29, 1.82) is 0 Å². The van der Waals surface area contributed by atoms with E-state index in [9.17, 15) is 13.2 Å². The van der Waals surface area contributed by atoms with Crippen LogP contribution in [0, 0.1) is 6.92 Å². The van der Waals surface area contributed by atoms with Crippen molar-refractivity contribution in [1.82, 2.24) is 19.7 Å². The number of aryl methyl sites for hydroxylation is 1. The number of pyridine rings is 1. The molecule has 6 rings (SSSR count). The Hall–Kier alpha value is -2.82. The summed E-state index contributed by atoms with van der Waals surface area (Å²) in [5, 5.41) is 5.38. The fourth-order valence-corrected chi connectivity index (χ4v) is 7.16. The average Bonchev–Trinajstić information content (AvgIpc) is 3.56. The predicted octanol–water partition coefficient (Wildman–Crippen LogP) is 2.75. The van der Waals surface area contributed by atoms with E-state index in [4.69, 9.17) is 19.6 Å². The Bertz CT molecular complexity index is 1390. The second-order valence-corrected chi connectivity index (χ2v) is 11.8. The van der Waals surface area contributed by atoms with Gasteiger partial charge in [0.2, 0.25) is 0 Å². The third-order valence-corrected chi connectivity index (χ3v) is 9.07. The number of piperidine rings is 1. The summed E-state index contributed by atoms with van der Waals surface area (Å²) in [6.07, 6.45) is 1.76. The Morgan fingerprint density at radius 1 is 1.11 bits per heavy atom. The molecule has 3 aromatic rings. The zero-order chi connectivity index (χ0) is 24.2. The van der Waals surface area contributed by atoms with E-state index in [1.165, 1.54) is 0 Å². The molecular formula is C25H28N4O5S. The average molecular weight is 497 g/mol. The largest absolute Gasteiger partial charge is 0.347 e. The number of hydrogen-bond acceptors (Lipinski definition) is 7. The molecule has 35 heavy (non-hydrogen) atoms. The van der Waals surface area contributed by atoms with Gasteiger partial charge in [0.05, 0.1) is 53.1 Å². The van der Waals surface area contributed by atoms with E-state index < -0.39 is 15.6 Å². The Morgan fingerprint density at radius 3 is 2.49 bits per heavy atom. The number of aromatic nitrogens is 3. The molecule has 1 atom stereocenters. The van der Waals surface area contributed by atoms with Crippen LogP contribution in [0.2, 0.25) is 0 Å². The van der Waals surface area contributed by atoms with Gasteiger partial charge in [-0.05, 0) is 19.4 Å². The summed E-state index contributed by atoms with van der Waals surface area (Å²) in [5.74, 6) is -0.460. The Morgan fingerprint density at radius 2 is 1.83 bits per heavy atom. The smallest absolute Gasteiger partial charge is 0.254 e. The number of sulfone groups is 1. The van der Waals surface area contributed by atoms with Crippen molar-refractivity contribution in [2.45, 2.75) is 38.0 Å². The van der Waals surface area contributed by atoms with Gasteiger partial charge in [0, 0.05) is 31.5 Å². The van der Waals surface area contributed by atoms with Crippen LogP contribution in [-0.4, -0.2) is 77.6 Å². The Balaban J connectivity index is 1.43. The Kier molecular flexibility index (Phi) is 5.43. The van der Waals surface area contributed by atoms with Gasteiger partial charge in [0.1, 0.15) is 0 Å². The highest BCUT2D eigenvalue weighted by atomic mass is 32.2. The standard InChI is InChI=1S/C25H28N4O5S/c1-17-22-20(24(30)28-10-8-25(9-11-28)33-12-13-34-25)15-21(18-5-3-2-4-6-18)26-23(22)29(27-17)19-7-14-35(31,32)16-19/h2-6,15,19H,7-14,16H2,1H3. The van der Waals surface area contributed by atoms with E-state index in [0.29, 0.717) is 73.6 Å². The summed E-state index contributed by atoms with van der Waals surface area (Å²) in [6.45, 7) is 4.12. The van der Waals surface area contributed by atoms with Crippen LogP contribution in [0.5, 0.6) is 0 Å². The molecule has 184 valence electrons. The monoisotopic (exact) mass is 496 g/mol. The van der Waals surface area contributed by atoms with Crippen molar-refractivity contribution in [2.24, 2.45) is 0 Å². The second kappa shape index (κ2) is 8.39. The maximum atomic E-state index is 13.9. The highest BCUT2D eigenvalue weighted by Crippen LogP contribution is 2.35. The van der Waals surface area contributed by atoms with Crippen LogP contribution >= 0.6 is 0 Å². The number of carbonyl (C=O) groups excluding carboxylic acids is 1. The van der Waals surface area contributed by atoms with Crippen LogP contribution < -0.4 is 0 Å². The van der Waals surface area contributed by atoms with Crippen molar-refractivity contribution < 1.29 is 22.7 Å². The lowest BCUT2D eigenvalue weighted by Crippen LogP contribution is -2.47. The fourth-order valence-electron chi connectivity index (χ4n) is 5.47. The Labute approximate surface area is 203 Å². The quantitative estimate of drug-likeness (QED) is 0.549. The number of rotatable bonds is 3. The molecule has 0 saturated carbocycles. The summed E-state index contributed by atoms with van der Waals surface area (Å²) in [4.78, 5) is 20.6. The van der Waals surface area contributed by atoms with Crippen LogP contribution in [0.15, 0.2) is 36.4 Å². The molecule has 5 heterocycles. The van der Waals surface area contributed by atoms with Crippen LogP contribution in [-0.2, 0) is 19.3 Å². The number of hydrogen-bond donors (Lipinski definition) is 0. The van der Waals surface area contributed by atoms with Crippen LogP contribution in [0.1, 0.15) is 41.4 Å². The normalized spacial score (nSPS) is 23.3. The molecule has 10 heteroatoms. The van der Waals surface area contributed by atoms with Gasteiger partial charge in [0.25, 0.3) is 5.91 Å². The van der Waals surface area contributed by atoms with Crippen molar-refractivity contribution in [2.75, 3.05) is 37.8 Å². The maximum absolute atomic E-state index is 13.9. The number of nitrogens with zero attached hydrogens (tertiary/aromatic N) is 4. The molecule has 3 saturated heterocycles. The van der Waals surface area contributed by atoms with E-state index in [-0.39, 0.29) is 23.5 Å². The molecule has 1 amide bonds. The summed E-state index contributed by atoms with van der Waals surface area (Å²) in [5.41, 5.74) is 3.33. The first-order chi connectivity index (χ1) is 16.8. The number of carbonyl (C=O) groups is 1. The predicted molar refractivity (Wildman–Crippen MR) is 130 cm³/mol. The molecule has 3 fully saturated rings. The van der Waals surface area contributed by atoms with Crippen molar-refractivity contribution >= 4 is 26.8 Å². The fraction of sp³-hybridized carbons (Fsp3) is 0.480. The second-order valence-electron chi connectivity index (χ2n) is 9.61. The summed E-state index contributed by atoms with van der Waals surface area (Å²) < 4.78 is 37.8. The van der Waals surface area contributed by atoms with E-state index >= 15 is 0 Å². The highest BCUT2D eigenvalue weighted by Gasteiger charge is 2.41. The lowest BCUT2D eigenvalue weighted by Gasteiger charge is -2.37.